The summed E-state index contributed by atoms with van der Waals surface area (Å²) in [6.45, 7) is 6.10. The molecule has 0 atom stereocenters. The Hall–Kier alpha value is -1.63. The molecule has 0 saturated carbocycles. The Kier molecular flexibility index (Phi) is 6.27. The van der Waals surface area contributed by atoms with Crippen LogP contribution in [0.5, 0.6) is 0 Å². The van der Waals surface area contributed by atoms with Gasteiger partial charge in [-0.2, -0.15) is 0 Å². The van der Waals surface area contributed by atoms with Crippen molar-refractivity contribution in [1.82, 2.24) is 10.3 Å². The van der Waals surface area contributed by atoms with Crippen molar-refractivity contribution in [1.29, 1.82) is 0 Å². The molecule has 0 fully saturated rings. The zero-order chi connectivity index (χ0) is 14.3. The minimum Gasteiger partial charge on any atom is -0.466 e. The topological polar surface area (TPSA) is 80.3 Å². The Balaban J connectivity index is 2.38. The van der Waals surface area contributed by atoms with Gasteiger partial charge in [-0.3, -0.25) is 9.59 Å². The monoisotopic (exact) mass is 285 g/mol. The number of nitrogens with one attached hydrogen (secondary N) is 2. The minimum atomic E-state index is -0.295. The van der Waals surface area contributed by atoms with Crippen LogP contribution in [-0.4, -0.2) is 36.1 Å². The van der Waals surface area contributed by atoms with Gasteiger partial charge in [0, 0.05) is 11.4 Å². The molecule has 0 aromatic carbocycles. The molecule has 106 valence electrons. The van der Waals surface area contributed by atoms with E-state index in [-0.39, 0.29) is 30.9 Å². The number of nitrogens with zero attached hydrogens (tertiary/aromatic N) is 1. The van der Waals surface area contributed by atoms with Crippen molar-refractivity contribution in [3.8, 4) is 0 Å². The molecule has 6 nitrogen and oxygen atoms in total. The third-order valence-corrected chi connectivity index (χ3v) is 2.88. The van der Waals surface area contributed by atoms with Crippen molar-refractivity contribution in [3.05, 3.63) is 11.1 Å². The summed E-state index contributed by atoms with van der Waals surface area (Å²) < 4.78 is 4.84. The van der Waals surface area contributed by atoms with E-state index in [9.17, 15) is 9.59 Å². The van der Waals surface area contributed by atoms with E-state index < -0.39 is 0 Å². The molecule has 0 aliphatic carbocycles. The van der Waals surface area contributed by atoms with Crippen LogP contribution in [0.1, 0.15) is 26.5 Å². The molecule has 0 aliphatic rings. The fourth-order valence-corrected chi connectivity index (χ4v) is 2.07. The lowest BCUT2D eigenvalue weighted by Gasteiger charge is -2.08. The van der Waals surface area contributed by atoms with Crippen LogP contribution >= 0.6 is 11.3 Å². The number of hydrogen-bond donors (Lipinski definition) is 2. The highest BCUT2D eigenvalue weighted by atomic mass is 32.1. The maximum Gasteiger partial charge on any atom is 0.311 e. The summed E-state index contributed by atoms with van der Waals surface area (Å²) >= 11 is 1.36. The Morgan fingerprint density at radius 3 is 2.84 bits per heavy atom. The number of esters is 1. The van der Waals surface area contributed by atoms with Gasteiger partial charge in [0.05, 0.1) is 25.3 Å². The maximum absolute atomic E-state index is 11.4. The molecule has 1 heterocycles. The number of thiazole rings is 1. The summed E-state index contributed by atoms with van der Waals surface area (Å²) in [5.74, 6) is -0.381. The fourth-order valence-electron chi connectivity index (χ4n) is 1.36. The van der Waals surface area contributed by atoms with Crippen molar-refractivity contribution in [2.24, 2.45) is 0 Å². The summed E-state index contributed by atoms with van der Waals surface area (Å²) in [5.41, 5.74) is 0.648. The quantitative estimate of drug-likeness (QED) is 0.735. The van der Waals surface area contributed by atoms with Crippen molar-refractivity contribution < 1.29 is 14.3 Å². The second-order valence-corrected chi connectivity index (χ2v) is 5.06. The van der Waals surface area contributed by atoms with E-state index >= 15 is 0 Å². The van der Waals surface area contributed by atoms with Crippen LogP contribution in [0.4, 0.5) is 5.13 Å². The van der Waals surface area contributed by atoms with E-state index in [1.807, 2.05) is 13.8 Å². The molecular weight excluding hydrogens is 266 g/mol. The van der Waals surface area contributed by atoms with Crippen molar-refractivity contribution >= 4 is 28.3 Å². The highest BCUT2D eigenvalue weighted by Gasteiger charge is 2.09. The van der Waals surface area contributed by atoms with Crippen LogP contribution in [0.2, 0.25) is 0 Å². The largest absolute Gasteiger partial charge is 0.466 e. The van der Waals surface area contributed by atoms with E-state index in [0.717, 1.165) is 0 Å². The third-order valence-electron chi connectivity index (χ3n) is 2.03. The second-order valence-electron chi connectivity index (χ2n) is 4.20. The molecule has 1 aromatic rings. The highest BCUT2D eigenvalue weighted by Crippen LogP contribution is 2.15. The van der Waals surface area contributed by atoms with Crippen LogP contribution in [0, 0.1) is 0 Å². The first-order valence-corrected chi connectivity index (χ1v) is 7.02. The van der Waals surface area contributed by atoms with E-state index in [1.54, 1.807) is 12.3 Å². The van der Waals surface area contributed by atoms with Crippen LogP contribution < -0.4 is 10.6 Å². The van der Waals surface area contributed by atoms with E-state index in [1.165, 1.54) is 11.3 Å². The molecule has 0 spiro atoms. The number of anilines is 1. The van der Waals surface area contributed by atoms with Gasteiger partial charge in [-0.1, -0.05) is 0 Å². The number of amides is 1. The SMILES string of the molecule is CCOC(=O)Cc1csc(NCC(=O)NC(C)C)n1. The van der Waals surface area contributed by atoms with Gasteiger partial charge in [-0.25, -0.2) is 4.98 Å². The Bertz CT molecular complexity index is 432. The van der Waals surface area contributed by atoms with Crippen molar-refractivity contribution in [2.75, 3.05) is 18.5 Å². The average molecular weight is 285 g/mol. The molecule has 0 bridgehead atoms. The molecule has 1 rings (SSSR count). The number of carbonyl (C=O) groups excluding carboxylic acids is 2. The summed E-state index contributed by atoms with van der Waals surface area (Å²) in [6.07, 6.45) is 0.157. The molecule has 1 amide bonds. The Morgan fingerprint density at radius 1 is 1.47 bits per heavy atom. The summed E-state index contributed by atoms with van der Waals surface area (Å²) in [6, 6.07) is 0.116. The van der Waals surface area contributed by atoms with Crippen molar-refractivity contribution in [3.63, 3.8) is 0 Å². The van der Waals surface area contributed by atoms with Crippen LogP contribution in [-0.2, 0) is 20.7 Å². The van der Waals surface area contributed by atoms with Crippen LogP contribution in [0.25, 0.3) is 0 Å². The lowest BCUT2D eigenvalue weighted by atomic mass is 10.3. The number of hydrogen-bond acceptors (Lipinski definition) is 6. The lowest BCUT2D eigenvalue weighted by molar-refractivity contribution is -0.142. The normalized spacial score (nSPS) is 10.3. The summed E-state index contributed by atoms with van der Waals surface area (Å²) in [5, 5.41) is 8.09. The van der Waals surface area contributed by atoms with Gasteiger partial charge in [-0.05, 0) is 20.8 Å². The summed E-state index contributed by atoms with van der Waals surface area (Å²) in [4.78, 5) is 26.9. The first-order chi connectivity index (χ1) is 9.01. The van der Waals surface area contributed by atoms with Gasteiger partial charge >= 0.3 is 5.97 Å². The standard InChI is InChI=1S/C12H19N3O3S/c1-4-18-11(17)5-9-7-19-12(15-9)13-6-10(16)14-8(2)3/h7-8H,4-6H2,1-3H3,(H,13,15)(H,14,16). The molecule has 0 unspecified atom stereocenters. The fraction of sp³-hybridized carbons (Fsp3) is 0.583. The predicted molar refractivity (Wildman–Crippen MR) is 74.2 cm³/mol. The van der Waals surface area contributed by atoms with E-state index in [0.29, 0.717) is 17.4 Å². The molecule has 2 N–H and O–H groups in total. The molecule has 19 heavy (non-hydrogen) atoms. The predicted octanol–water partition coefficient (Wildman–Crippen LogP) is 1.19. The highest BCUT2D eigenvalue weighted by molar-refractivity contribution is 7.13. The Labute approximate surface area is 116 Å². The molecular formula is C12H19N3O3S. The number of ether oxygens (including phenoxy) is 1. The zero-order valence-electron chi connectivity index (χ0n) is 11.4. The first-order valence-electron chi connectivity index (χ1n) is 6.14. The second kappa shape index (κ2) is 7.73. The van der Waals surface area contributed by atoms with Gasteiger partial charge < -0.3 is 15.4 Å². The molecule has 7 heteroatoms. The van der Waals surface area contributed by atoms with E-state index in [4.69, 9.17) is 4.74 Å². The van der Waals surface area contributed by atoms with Gasteiger partial charge in [0.1, 0.15) is 0 Å². The third kappa shape index (κ3) is 6.19. The van der Waals surface area contributed by atoms with E-state index in [2.05, 4.69) is 15.6 Å². The number of rotatable bonds is 7. The van der Waals surface area contributed by atoms with Gasteiger partial charge in [-0.15, -0.1) is 11.3 Å². The maximum atomic E-state index is 11.4. The first kappa shape index (κ1) is 15.4. The number of aromatic nitrogens is 1. The molecule has 0 saturated heterocycles. The smallest absolute Gasteiger partial charge is 0.311 e. The Morgan fingerprint density at radius 2 is 2.21 bits per heavy atom. The van der Waals surface area contributed by atoms with Gasteiger partial charge in [0.2, 0.25) is 5.91 Å². The average Bonchev–Trinajstić information content (AvgIpc) is 2.73. The van der Waals surface area contributed by atoms with Gasteiger partial charge in [0.15, 0.2) is 5.13 Å². The zero-order valence-corrected chi connectivity index (χ0v) is 12.2. The minimum absolute atomic E-state index is 0.0860. The van der Waals surface area contributed by atoms with Crippen molar-refractivity contribution in [2.45, 2.75) is 33.2 Å². The van der Waals surface area contributed by atoms with Crippen LogP contribution in [0.15, 0.2) is 5.38 Å². The molecule has 1 aromatic heterocycles. The molecule has 0 aliphatic heterocycles. The number of carbonyl (C=O) groups is 2. The van der Waals surface area contributed by atoms with Gasteiger partial charge in [0.25, 0.3) is 0 Å². The molecule has 0 radical (unpaired) electrons. The lowest BCUT2D eigenvalue weighted by Crippen LogP contribution is -2.34. The van der Waals surface area contributed by atoms with Crippen LogP contribution in [0.3, 0.4) is 0 Å². The summed E-state index contributed by atoms with van der Waals surface area (Å²) in [7, 11) is 0.